The van der Waals surface area contributed by atoms with Gasteiger partial charge in [-0.15, -0.1) is 13.2 Å². The molecule has 0 atom stereocenters. The van der Waals surface area contributed by atoms with Crippen LogP contribution in [-0.4, -0.2) is 0 Å². The molecular weight excluding hydrogens is 192 g/mol. The normalized spacial score (nSPS) is 9.00. The van der Waals surface area contributed by atoms with Gasteiger partial charge in [0, 0.05) is 0 Å². The van der Waals surface area contributed by atoms with Gasteiger partial charge in [-0.2, -0.15) is 0 Å². The second-order valence-electron chi connectivity index (χ2n) is 3.20. The van der Waals surface area contributed by atoms with Crippen molar-refractivity contribution < 1.29 is 0 Å². The summed E-state index contributed by atoms with van der Waals surface area (Å²) in [5.41, 5.74) is 2.30. The third-order valence-corrected chi connectivity index (χ3v) is 2.43. The Kier molecular flexibility index (Phi) is 4.28. The molecule has 0 bridgehead atoms. The molecule has 0 saturated carbocycles. The van der Waals surface area contributed by atoms with Gasteiger partial charge in [-0.1, -0.05) is 61.7 Å². The first-order valence-corrected chi connectivity index (χ1v) is 5.13. The van der Waals surface area contributed by atoms with Crippen molar-refractivity contribution in [2.45, 2.75) is 0 Å². The van der Waals surface area contributed by atoms with Crippen molar-refractivity contribution in [3.63, 3.8) is 0 Å². The molecule has 0 spiro atoms. The van der Waals surface area contributed by atoms with E-state index in [0.29, 0.717) is 0 Å². The van der Waals surface area contributed by atoms with Gasteiger partial charge in [0.15, 0.2) is 0 Å². The minimum atomic E-state index is 1.14. The Balaban J connectivity index is 0.000000606. The van der Waals surface area contributed by atoms with Crippen molar-refractivity contribution in [1.29, 1.82) is 0 Å². The van der Waals surface area contributed by atoms with Crippen LogP contribution in [0.25, 0.3) is 22.9 Å². The molecule has 0 aromatic heterocycles. The molecule has 0 nitrogen and oxygen atoms in total. The summed E-state index contributed by atoms with van der Waals surface area (Å²) in [6.45, 7) is 13.6. The van der Waals surface area contributed by atoms with E-state index < -0.39 is 0 Å². The first-order chi connectivity index (χ1) is 7.86. The quantitative estimate of drug-likeness (QED) is 0.614. The lowest BCUT2D eigenvalue weighted by molar-refractivity contribution is 1.67. The van der Waals surface area contributed by atoms with Crippen LogP contribution < -0.4 is 0 Å². The van der Waals surface area contributed by atoms with Crippen molar-refractivity contribution in [2.75, 3.05) is 0 Å². The first-order valence-electron chi connectivity index (χ1n) is 5.13. The summed E-state index contributed by atoms with van der Waals surface area (Å²) in [6.07, 6.45) is 3.75. The summed E-state index contributed by atoms with van der Waals surface area (Å²) in [4.78, 5) is 0. The third kappa shape index (κ3) is 2.12. The zero-order valence-corrected chi connectivity index (χ0v) is 9.45. The molecule has 80 valence electrons. The van der Waals surface area contributed by atoms with Crippen LogP contribution in [0.15, 0.2) is 62.7 Å². The van der Waals surface area contributed by atoms with Crippen LogP contribution in [0.5, 0.6) is 0 Å². The molecule has 0 amide bonds. The van der Waals surface area contributed by atoms with Crippen molar-refractivity contribution in [3.8, 4) is 0 Å². The van der Waals surface area contributed by atoms with Crippen molar-refractivity contribution in [1.82, 2.24) is 0 Å². The third-order valence-electron chi connectivity index (χ3n) is 2.43. The first kappa shape index (κ1) is 12.0. The summed E-state index contributed by atoms with van der Waals surface area (Å²) in [6, 6.07) is 12.5. The second-order valence-corrected chi connectivity index (χ2v) is 3.20. The number of hydrogen-bond donors (Lipinski definition) is 0. The average Bonchev–Trinajstić information content (AvgIpc) is 2.39. The van der Waals surface area contributed by atoms with Gasteiger partial charge in [-0.3, -0.25) is 0 Å². The Morgan fingerprint density at radius 1 is 0.812 bits per heavy atom. The van der Waals surface area contributed by atoms with Crippen LogP contribution in [0.4, 0.5) is 0 Å². The van der Waals surface area contributed by atoms with Gasteiger partial charge in [0.05, 0.1) is 0 Å². The topological polar surface area (TPSA) is 0 Å². The minimum absolute atomic E-state index is 1.14. The smallest absolute Gasteiger partial charge is 0.0106 e. The molecule has 0 fully saturated rings. The fourth-order valence-corrected chi connectivity index (χ4v) is 1.72. The Hall–Kier alpha value is -2.08. The maximum Gasteiger partial charge on any atom is -0.0106 e. The monoisotopic (exact) mass is 208 g/mol. The predicted octanol–water partition coefficient (Wildman–Crippen LogP) is 4.93. The summed E-state index contributed by atoms with van der Waals surface area (Å²) >= 11 is 0. The van der Waals surface area contributed by atoms with Crippen molar-refractivity contribution >= 4 is 22.9 Å². The molecule has 0 aliphatic rings. The number of hydrogen-bond acceptors (Lipinski definition) is 0. The minimum Gasteiger partial charge on any atom is -0.106 e. The molecule has 0 heteroatoms. The second kappa shape index (κ2) is 5.72. The molecule has 2 rings (SSSR count). The molecule has 0 aliphatic carbocycles. The fraction of sp³-hybridized carbons (Fsp3) is 0. The molecule has 0 heterocycles. The predicted molar refractivity (Wildman–Crippen MR) is 75.4 cm³/mol. The Labute approximate surface area is 97.2 Å². The van der Waals surface area contributed by atoms with E-state index in [0.717, 1.165) is 11.1 Å². The summed E-state index contributed by atoms with van der Waals surface area (Å²) < 4.78 is 0. The zero-order chi connectivity index (χ0) is 12.0. The van der Waals surface area contributed by atoms with Gasteiger partial charge >= 0.3 is 0 Å². The van der Waals surface area contributed by atoms with Gasteiger partial charge in [0.1, 0.15) is 0 Å². The fourth-order valence-electron chi connectivity index (χ4n) is 1.72. The highest BCUT2D eigenvalue weighted by molar-refractivity contribution is 5.93. The molecule has 0 saturated heterocycles. The molecule has 2 aromatic rings. The molecule has 0 aliphatic heterocycles. The molecular formula is C16H16. The SMILES string of the molecule is C=C.C=Cc1ccc2ccccc2c1C=C. The molecule has 16 heavy (non-hydrogen) atoms. The lowest BCUT2D eigenvalue weighted by atomic mass is 9.99. The van der Waals surface area contributed by atoms with Gasteiger partial charge in [-0.25, -0.2) is 0 Å². The van der Waals surface area contributed by atoms with Crippen molar-refractivity contribution in [2.24, 2.45) is 0 Å². The van der Waals surface area contributed by atoms with E-state index in [9.17, 15) is 0 Å². The van der Waals surface area contributed by atoms with Crippen LogP contribution in [0.1, 0.15) is 11.1 Å². The molecule has 2 aromatic carbocycles. The van der Waals surface area contributed by atoms with Crippen LogP contribution >= 0.6 is 0 Å². The maximum atomic E-state index is 3.84. The molecule has 0 N–H and O–H groups in total. The summed E-state index contributed by atoms with van der Waals surface area (Å²) in [5.74, 6) is 0. The molecule has 0 radical (unpaired) electrons. The lowest BCUT2D eigenvalue weighted by Crippen LogP contribution is -1.82. The van der Waals surface area contributed by atoms with E-state index in [2.05, 4.69) is 50.6 Å². The zero-order valence-electron chi connectivity index (χ0n) is 9.45. The highest BCUT2D eigenvalue weighted by Crippen LogP contribution is 2.23. The summed E-state index contributed by atoms with van der Waals surface area (Å²) in [5, 5.41) is 2.48. The lowest BCUT2D eigenvalue weighted by Gasteiger charge is -2.05. The van der Waals surface area contributed by atoms with Crippen LogP contribution in [0.3, 0.4) is 0 Å². The highest BCUT2D eigenvalue weighted by atomic mass is 14.0. The Morgan fingerprint density at radius 3 is 2.12 bits per heavy atom. The number of benzene rings is 2. The van der Waals surface area contributed by atoms with E-state index in [1.807, 2.05) is 24.3 Å². The van der Waals surface area contributed by atoms with Crippen LogP contribution in [0.2, 0.25) is 0 Å². The highest BCUT2D eigenvalue weighted by Gasteiger charge is 2.00. The number of fused-ring (bicyclic) bond motifs is 1. The maximum absolute atomic E-state index is 3.84. The van der Waals surface area contributed by atoms with E-state index >= 15 is 0 Å². The van der Waals surface area contributed by atoms with E-state index in [1.54, 1.807) is 0 Å². The van der Waals surface area contributed by atoms with Crippen LogP contribution in [0, 0.1) is 0 Å². The summed E-state index contributed by atoms with van der Waals surface area (Å²) in [7, 11) is 0. The average molecular weight is 208 g/mol. The van der Waals surface area contributed by atoms with E-state index in [-0.39, 0.29) is 0 Å². The van der Waals surface area contributed by atoms with E-state index in [1.165, 1.54) is 10.8 Å². The van der Waals surface area contributed by atoms with E-state index in [4.69, 9.17) is 0 Å². The largest absolute Gasteiger partial charge is 0.106 e. The van der Waals surface area contributed by atoms with Gasteiger partial charge < -0.3 is 0 Å². The van der Waals surface area contributed by atoms with Gasteiger partial charge in [0.2, 0.25) is 0 Å². The van der Waals surface area contributed by atoms with Crippen LogP contribution in [-0.2, 0) is 0 Å². The standard InChI is InChI=1S/C14H12.C2H4/c1-3-11-9-10-12-7-5-6-8-14(12)13(11)4-2;1-2/h3-10H,1-2H2;1-2H2. The van der Waals surface area contributed by atoms with Gasteiger partial charge in [0.25, 0.3) is 0 Å². The van der Waals surface area contributed by atoms with Crippen molar-refractivity contribution in [3.05, 3.63) is 73.8 Å². The number of rotatable bonds is 2. The molecule has 0 unspecified atom stereocenters. The Bertz CT molecular complexity index is 506. The Morgan fingerprint density at radius 2 is 1.50 bits per heavy atom. The van der Waals surface area contributed by atoms with Gasteiger partial charge in [-0.05, 0) is 21.9 Å².